The number of hydrogen-bond acceptors (Lipinski definition) is 3. The molecule has 4 nitrogen and oxygen atoms in total. The average Bonchev–Trinajstić information content (AvgIpc) is 2.16. The molecule has 0 aliphatic heterocycles. The lowest BCUT2D eigenvalue weighted by Crippen LogP contribution is -2.10. The molecule has 1 aromatic carbocycles. The summed E-state index contributed by atoms with van der Waals surface area (Å²) in [5, 5.41) is 0. The highest BCUT2D eigenvalue weighted by Crippen LogP contribution is 2.23. The van der Waals surface area contributed by atoms with Gasteiger partial charge < -0.3 is 0 Å². The summed E-state index contributed by atoms with van der Waals surface area (Å²) in [6, 6.07) is 5.13. The molecule has 0 aromatic heterocycles. The molecule has 16 heavy (non-hydrogen) atoms. The van der Waals surface area contributed by atoms with E-state index in [-0.39, 0.29) is 6.42 Å². The van der Waals surface area contributed by atoms with Crippen LogP contribution in [0.5, 0.6) is 0 Å². The molecule has 0 radical (unpaired) electrons. The van der Waals surface area contributed by atoms with Crippen molar-refractivity contribution in [2.24, 2.45) is 0 Å². The molecule has 88 valence electrons. The van der Waals surface area contributed by atoms with E-state index >= 15 is 0 Å². The zero-order valence-corrected chi connectivity index (χ0v) is 9.15. The van der Waals surface area contributed by atoms with Crippen molar-refractivity contribution < 1.29 is 21.5 Å². The van der Waals surface area contributed by atoms with Crippen molar-refractivity contribution in [1.29, 1.82) is 0 Å². The molecule has 0 fully saturated rings. The number of benzene rings is 1. The first kappa shape index (κ1) is 12.8. The zero-order chi connectivity index (χ0) is 12.2. The fourth-order valence-corrected chi connectivity index (χ4v) is 1.69. The van der Waals surface area contributed by atoms with Crippen LogP contribution in [0.15, 0.2) is 36.9 Å². The van der Waals surface area contributed by atoms with Crippen molar-refractivity contribution in [2.45, 2.75) is 12.5 Å². The van der Waals surface area contributed by atoms with Gasteiger partial charge in [0.2, 0.25) is 0 Å². The maximum atomic E-state index is 12.6. The highest BCUT2D eigenvalue weighted by Gasteiger charge is 2.17. The van der Waals surface area contributed by atoms with Gasteiger partial charge in [0.05, 0.1) is 0 Å². The van der Waals surface area contributed by atoms with E-state index < -0.39 is 22.3 Å². The van der Waals surface area contributed by atoms with Gasteiger partial charge in [-0.2, -0.15) is 8.42 Å². The molecule has 6 heteroatoms. The van der Waals surface area contributed by atoms with Gasteiger partial charge in [-0.15, -0.1) is 6.58 Å². The highest BCUT2D eigenvalue weighted by atomic mass is 32.3. The quantitative estimate of drug-likeness (QED) is 0.639. The van der Waals surface area contributed by atoms with Crippen LogP contribution in [0.3, 0.4) is 0 Å². The van der Waals surface area contributed by atoms with E-state index in [1.165, 1.54) is 30.3 Å². The van der Waals surface area contributed by atoms with Gasteiger partial charge >= 0.3 is 10.4 Å². The summed E-state index contributed by atoms with van der Waals surface area (Å²) in [7, 11) is -4.55. The first-order chi connectivity index (χ1) is 7.42. The van der Waals surface area contributed by atoms with Crippen molar-refractivity contribution in [3.8, 4) is 0 Å². The molecule has 1 atom stereocenters. The van der Waals surface area contributed by atoms with Crippen LogP contribution in [-0.2, 0) is 14.6 Å². The minimum Gasteiger partial charge on any atom is -0.264 e. The summed E-state index contributed by atoms with van der Waals surface area (Å²) >= 11 is 0. The van der Waals surface area contributed by atoms with Crippen molar-refractivity contribution in [1.82, 2.24) is 0 Å². The normalized spacial score (nSPS) is 13.4. The molecule has 1 rings (SSSR count). The summed E-state index contributed by atoms with van der Waals surface area (Å²) in [5.74, 6) is -0.437. The molecule has 0 aliphatic rings. The highest BCUT2D eigenvalue weighted by molar-refractivity contribution is 7.80. The number of hydrogen-bond donors (Lipinski definition) is 1. The number of rotatable bonds is 5. The maximum absolute atomic E-state index is 12.6. The van der Waals surface area contributed by atoms with E-state index in [0.29, 0.717) is 5.56 Å². The Balaban J connectivity index is 2.93. The van der Waals surface area contributed by atoms with Crippen molar-refractivity contribution in [2.75, 3.05) is 0 Å². The first-order valence-corrected chi connectivity index (χ1v) is 5.81. The van der Waals surface area contributed by atoms with Crippen LogP contribution in [0.2, 0.25) is 0 Å². The molecule has 1 aromatic rings. The molecule has 0 saturated heterocycles. The lowest BCUT2D eigenvalue weighted by Gasteiger charge is -2.13. The van der Waals surface area contributed by atoms with E-state index in [4.69, 9.17) is 4.55 Å². The van der Waals surface area contributed by atoms with Crippen LogP contribution in [-0.4, -0.2) is 13.0 Å². The molecule has 1 N–H and O–H groups in total. The fraction of sp³-hybridized carbons (Fsp3) is 0.200. The molecular weight excluding hydrogens is 235 g/mol. The summed E-state index contributed by atoms with van der Waals surface area (Å²) in [6.45, 7) is 3.44. The van der Waals surface area contributed by atoms with E-state index in [1.54, 1.807) is 0 Å². The molecule has 0 aliphatic carbocycles. The van der Waals surface area contributed by atoms with Gasteiger partial charge in [0, 0.05) is 0 Å². The monoisotopic (exact) mass is 246 g/mol. The Morgan fingerprint density at radius 2 is 2.00 bits per heavy atom. The zero-order valence-electron chi connectivity index (χ0n) is 8.34. The molecule has 0 heterocycles. The molecule has 0 saturated carbocycles. The van der Waals surface area contributed by atoms with Gasteiger partial charge in [0.15, 0.2) is 0 Å². The van der Waals surface area contributed by atoms with Gasteiger partial charge in [-0.1, -0.05) is 18.2 Å². The van der Waals surface area contributed by atoms with E-state index in [2.05, 4.69) is 10.8 Å². The van der Waals surface area contributed by atoms with Gasteiger partial charge in [-0.05, 0) is 24.1 Å². The van der Waals surface area contributed by atoms with Crippen LogP contribution in [0.4, 0.5) is 4.39 Å². The summed E-state index contributed by atoms with van der Waals surface area (Å²) < 4.78 is 46.8. The van der Waals surface area contributed by atoms with Crippen molar-refractivity contribution in [3.05, 3.63) is 48.3 Å². The third-order valence-corrected chi connectivity index (χ3v) is 2.34. The fourth-order valence-electron chi connectivity index (χ4n) is 1.21. The molecule has 1 unspecified atom stereocenters. The van der Waals surface area contributed by atoms with Gasteiger partial charge in [0.25, 0.3) is 0 Å². The minimum absolute atomic E-state index is 0.186. The average molecular weight is 246 g/mol. The molecule has 0 spiro atoms. The van der Waals surface area contributed by atoms with E-state index in [1.807, 2.05) is 0 Å². The van der Waals surface area contributed by atoms with Crippen LogP contribution in [0.1, 0.15) is 18.1 Å². The smallest absolute Gasteiger partial charge is 0.264 e. The Bertz CT molecular complexity index is 452. The number of halogens is 1. The second-order valence-corrected chi connectivity index (χ2v) is 4.14. The first-order valence-electron chi connectivity index (χ1n) is 4.44. The SMILES string of the molecule is C=CCC(OS(=O)(=O)O)c1ccc(F)cc1. The Morgan fingerprint density at radius 3 is 2.44 bits per heavy atom. The lowest BCUT2D eigenvalue weighted by atomic mass is 10.1. The molecule has 0 amide bonds. The van der Waals surface area contributed by atoms with Crippen LogP contribution in [0, 0.1) is 5.82 Å². The van der Waals surface area contributed by atoms with E-state index in [9.17, 15) is 12.8 Å². The Labute approximate surface area is 93.3 Å². The molecule has 0 bridgehead atoms. The Morgan fingerprint density at radius 1 is 1.44 bits per heavy atom. The minimum atomic E-state index is -4.55. The van der Waals surface area contributed by atoms with Crippen molar-refractivity contribution in [3.63, 3.8) is 0 Å². The van der Waals surface area contributed by atoms with Crippen LogP contribution in [0.25, 0.3) is 0 Å². The summed E-state index contributed by atoms with van der Waals surface area (Å²) in [5.41, 5.74) is 0.443. The Hall–Kier alpha value is -1.24. The summed E-state index contributed by atoms with van der Waals surface area (Å²) in [6.07, 6.45) is 0.734. The standard InChI is InChI=1S/C10H11FO4S/c1-2-3-10(15-16(12,13)14)8-4-6-9(11)7-5-8/h2,4-7,10H,1,3H2,(H,12,13,14). The van der Waals surface area contributed by atoms with E-state index in [0.717, 1.165) is 0 Å². The third kappa shape index (κ3) is 4.09. The second kappa shape index (κ2) is 5.20. The van der Waals surface area contributed by atoms with Crippen molar-refractivity contribution >= 4 is 10.4 Å². The third-order valence-electron chi connectivity index (χ3n) is 1.86. The Kier molecular flexibility index (Phi) is 4.17. The van der Waals surface area contributed by atoms with Gasteiger partial charge in [-0.3, -0.25) is 4.55 Å². The molecular formula is C10H11FO4S. The largest absolute Gasteiger partial charge is 0.397 e. The predicted octanol–water partition coefficient (Wildman–Crippen LogP) is 2.26. The topological polar surface area (TPSA) is 63.6 Å². The maximum Gasteiger partial charge on any atom is 0.397 e. The summed E-state index contributed by atoms with van der Waals surface area (Å²) in [4.78, 5) is 0. The van der Waals surface area contributed by atoms with Gasteiger partial charge in [-0.25, -0.2) is 8.57 Å². The lowest BCUT2D eigenvalue weighted by molar-refractivity contribution is 0.186. The van der Waals surface area contributed by atoms with Gasteiger partial charge in [0.1, 0.15) is 11.9 Å². The van der Waals surface area contributed by atoms with Crippen LogP contribution < -0.4 is 0 Å². The van der Waals surface area contributed by atoms with Crippen LogP contribution >= 0.6 is 0 Å². The predicted molar refractivity (Wildman–Crippen MR) is 56.6 cm³/mol. The second-order valence-electron chi connectivity index (χ2n) is 3.09.